The van der Waals surface area contributed by atoms with Crippen molar-refractivity contribution >= 4 is 0 Å². The Balaban J connectivity index is 1.44. The number of nitrogens with one attached hydrogen (secondary N) is 1. The van der Waals surface area contributed by atoms with Gasteiger partial charge in [-0.15, -0.1) is 0 Å². The Morgan fingerprint density at radius 2 is 2.00 bits per heavy atom. The topological polar surface area (TPSA) is 30.5 Å². The van der Waals surface area contributed by atoms with Gasteiger partial charge in [-0.05, 0) is 62.3 Å². The minimum absolute atomic E-state index is 0.0676. The largest absolute Gasteiger partial charge is 0.378 e. The highest BCUT2D eigenvalue weighted by molar-refractivity contribution is 5.02. The Hall–Kier alpha value is -0.120. The smallest absolute Gasteiger partial charge is 0.0939 e. The summed E-state index contributed by atoms with van der Waals surface area (Å²) in [5.74, 6) is 3.91. The van der Waals surface area contributed by atoms with E-state index in [0.717, 1.165) is 62.5 Å². The van der Waals surface area contributed by atoms with Crippen LogP contribution in [0.3, 0.4) is 0 Å². The van der Waals surface area contributed by atoms with Crippen LogP contribution in [-0.4, -0.2) is 38.0 Å². The van der Waals surface area contributed by atoms with Gasteiger partial charge in [0.25, 0.3) is 0 Å². The van der Waals surface area contributed by atoms with Crippen molar-refractivity contribution in [3.8, 4) is 0 Å². The number of ether oxygens (including phenoxy) is 2. The third-order valence-electron chi connectivity index (χ3n) is 6.33. The van der Waals surface area contributed by atoms with E-state index >= 15 is 0 Å². The van der Waals surface area contributed by atoms with E-state index < -0.39 is 0 Å². The monoisotopic (exact) mass is 279 g/mol. The molecule has 5 unspecified atom stereocenters. The van der Waals surface area contributed by atoms with Gasteiger partial charge in [0.05, 0.1) is 12.2 Å². The van der Waals surface area contributed by atoms with Crippen LogP contribution in [0.5, 0.6) is 0 Å². The second kappa shape index (κ2) is 5.26. The molecule has 20 heavy (non-hydrogen) atoms. The first-order chi connectivity index (χ1) is 9.80. The second-order valence-corrected chi connectivity index (χ2v) is 7.66. The minimum atomic E-state index is 0.0676. The average molecular weight is 279 g/mol. The summed E-state index contributed by atoms with van der Waals surface area (Å²) in [5.41, 5.74) is 0.0676. The fourth-order valence-electron chi connectivity index (χ4n) is 5.24. The van der Waals surface area contributed by atoms with E-state index in [0.29, 0.717) is 0 Å². The Morgan fingerprint density at radius 3 is 2.70 bits per heavy atom. The van der Waals surface area contributed by atoms with Crippen LogP contribution in [0.15, 0.2) is 0 Å². The molecule has 4 fully saturated rings. The average Bonchev–Trinajstić information content (AvgIpc) is 2.86. The van der Waals surface area contributed by atoms with E-state index in [1.165, 1.54) is 32.1 Å². The van der Waals surface area contributed by atoms with Crippen LogP contribution in [0, 0.1) is 23.7 Å². The van der Waals surface area contributed by atoms with E-state index in [9.17, 15) is 0 Å². The van der Waals surface area contributed by atoms with Crippen molar-refractivity contribution in [2.75, 3.05) is 26.4 Å². The molecule has 3 nitrogen and oxygen atoms in total. The van der Waals surface area contributed by atoms with Crippen molar-refractivity contribution < 1.29 is 9.47 Å². The summed E-state index contributed by atoms with van der Waals surface area (Å²) in [6, 6.07) is 0.731. The summed E-state index contributed by atoms with van der Waals surface area (Å²) < 4.78 is 11.8. The lowest BCUT2D eigenvalue weighted by molar-refractivity contribution is -0.106. The van der Waals surface area contributed by atoms with Gasteiger partial charge in [-0.25, -0.2) is 0 Å². The minimum Gasteiger partial charge on any atom is -0.378 e. The Kier molecular flexibility index (Phi) is 3.56. The molecule has 2 aliphatic heterocycles. The first-order valence-electron chi connectivity index (χ1n) is 8.75. The molecule has 4 rings (SSSR count). The summed E-state index contributed by atoms with van der Waals surface area (Å²) in [6.45, 7) is 6.04. The zero-order valence-electron chi connectivity index (χ0n) is 12.8. The van der Waals surface area contributed by atoms with E-state index in [1.54, 1.807) is 0 Å². The molecule has 2 saturated heterocycles. The predicted octanol–water partition coefficient (Wildman–Crippen LogP) is 2.60. The summed E-state index contributed by atoms with van der Waals surface area (Å²) in [6.07, 6.45) is 8.08. The van der Waals surface area contributed by atoms with Crippen molar-refractivity contribution in [2.45, 2.75) is 57.1 Å². The zero-order valence-corrected chi connectivity index (χ0v) is 12.8. The summed E-state index contributed by atoms with van der Waals surface area (Å²) >= 11 is 0. The van der Waals surface area contributed by atoms with Crippen LogP contribution in [0.2, 0.25) is 0 Å². The lowest BCUT2D eigenvalue weighted by Crippen LogP contribution is -2.49. The fraction of sp³-hybridized carbons (Fsp3) is 1.00. The van der Waals surface area contributed by atoms with Gasteiger partial charge in [-0.1, -0.05) is 6.92 Å². The van der Waals surface area contributed by atoms with Crippen molar-refractivity contribution in [1.29, 1.82) is 0 Å². The fourth-order valence-corrected chi connectivity index (χ4v) is 5.24. The second-order valence-electron chi connectivity index (χ2n) is 7.66. The van der Waals surface area contributed by atoms with E-state index in [2.05, 4.69) is 12.2 Å². The quantitative estimate of drug-likeness (QED) is 0.858. The first-order valence-corrected chi connectivity index (χ1v) is 8.75. The highest BCUT2D eigenvalue weighted by Gasteiger charge is 2.50. The Morgan fingerprint density at radius 1 is 1.15 bits per heavy atom. The normalized spacial score (nSPS) is 48.5. The first kappa shape index (κ1) is 13.5. The van der Waals surface area contributed by atoms with Gasteiger partial charge in [-0.2, -0.15) is 0 Å². The molecule has 0 bridgehead atoms. The standard InChI is InChI=1S/C17H29NO2/c1-2-18-16(15-8-13-7-14(13)9-15)12-3-5-20-17(10-12)4-6-19-11-17/h12-16,18H,2-11H2,1H3. The van der Waals surface area contributed by atoms with Crippen LogP contribution < -0.4 is 5.32 Å². The molecule has 1 N–H and O–H groups in total. The predicted molar refractivity (Wildman–Crippen MR) is 78.6 cm³/mol. The highest BCUT2D eigenvalue weighted by atomic mass is 16.6. The van der Waals surface area contributed by atoms with Crippen LogP contribution in [-0.2, 0) is 9.47 Å². The van der Waals surface area contributed by atoms with Gasteiger partial charge < -0.3 is 14.8 Å². The number of hydrogen-bond acceptors (Lipinski definition) is 3. The van der Waals surface area contributed by atoms with E-state index in [1.807, 2.05) is 0 Å². The van der Waals surface area contributed by atoms with E-state index in [-0.39, 0.29) is 5.60 Å². The highest BCUT2D eigenvalue weighted by Crippen LogP contribution is 2.56. The SMILES string of the molecule is CCNC(C1CC2CC2C1)C1CCOC2(CCOC2)C1. The third kappa shape index (κ3) is 2.42. The molecule has 0 aromatic carbocycles. The van der Waals surface area contributed by atoms with Gasteiger partial charge in [0.2, 0.25) is 0 Å². The molecule has 0 aromatic rings. The molecule has 5 atom stereocenters. The molecular formula is C17H29NO2. The molecule has 2 aliphatic carbocycles. The van der Waals surface area contributed by atoms with Crippen LogP contribution in [0.25, 0.3) is 0 Å². The van der Waals surface area contributed by atoms with Gasteiger partial charge in [-0.3, -0.25) is 0 Å². The molecule has 2 heterocycles. The van der Waals surface area contributed by atoms with Crippen molar-refractivity contribution in [2.24, 2.45) is 23.7 Å². The number of rotatable bonds is 4. The van der Waals surface area contributed by atoms with Gasteiger partial charge in [0.1, 0.15) is 0 Å². The van der Waals surface area contributed by atoms with Gasteiger partial charge in [0, 0.05) is 25.7 Å². The Bertz CT molecular complexity index is 343. The molecule has 114 valence electrons. The number of hydrogen-bond donors (Lipinski definition) is 1. The van der Waals surface area contributed by atoms with Crippen LogP contribution in [0.1, 0.15) is 45.4 Å². The lowest BCUT2D eigenvalue weighted by atomic mass is 9.75. The van der Waals surface area contributed by atoms with Gasteiger partial charge in [0.15, 0.2) is 0 Å². The third-order valence-corrected chi connectivity index (χ3v) is 6.33. The molecule has 0 amide bonds. The van der Waals surface area contributed by atoms with Crippen LogP contribution >= 0.6 is 0 Å². The van der Waals surface area contributed by atoms with E-state index in [4.69, 9.17) is 9.47 Å². The molecule has 2 saturated carbocycles. The van der Waals surface area contributed by atoms with Crippen molar-refractivity contribution in [3.05, 3.63) is 0 Å². The van der Waals surface area contributed by atoms with Gasteiger partial charge >= 0.3 is 0 Å². The maximum Gasteiger partial charge on any atom is 0.0939 e. The molecule has 3 heteroatoms. The summed E-state index contributed by atoms with van der Waals surface area (Å²) in [4.78, 5) is 0. The number of fused-ring (bicyclic) bond motifs is 1. The Labute approximate surface area is 122 Å². The maximum atomic E-state index is 6.12. The molecular weight excluding hydrogens is 250 g/mol. The summed E-state index contributed by atoms with van der Waals surface area (Å²) in [5, 5.41) is 3.85. The molecule has 4 aliphatic rings. The lowest BCUT2D eigenvalue weighted by Gasteiger charge is -2.42. The molecule has 1 spiro atoms. The molecule has 0 aromatic heterocycles. The van der Waals surface area contributed by atoms with Crippen molar-refractivity contribution in [3.63, 3.8) is 0 Å². The zero-order chi connectivity index (χ0) is 13.6. The molecule has 0 radical (unpaired) electrons. The summed E-state index contributed by atoms with van der Waals surface area (Å²) in [7, 11) is 0. The van der Waals surface area contributed by atoms with Crippen molar-refractivity contribution in [1.82, 2.24) is 5.32 Å². The van der Waals surface area contributed by atoms with Crippen LogP contribution in [0.4, 0.5) is 0 Å². The maximum absolute atomic E-state index is 6.12.